The Morgan fingerprint density at radius 3 is 1.80 bits per heavy atom. The number of rotatable bonds is 59. The number of nitrogens with zero attached hydrogens (tertiary/aromatic N) is 4. The van der Waals surface area contributed by atoms with Gasteiger partial charge in [0, 0.05) is 82.8 Å². The van der Waals surface area contributed by atoms with Crippen molar-refractivity contribution in [3.05, 3.63) is 24.0 Å². The highest BCUT2D eigenvalue weighted by Crippen LogP contribution is 2.17. The second-order valence-electron chi connectivity index (χ2n) is 22.2. The normalized spacial score (nSPS) is 13.1. The van der Waals surface area contributed by atoms with Crippen molar-refractivity contribution in [2.75, 3.05) is 51.9 Å². The van der Waals surface area contributed by atoms with E-state index in [1.165, 1.54) is 38.4 Å². The van der Waals surface area contributed by atoms with Gasteiger partial charge < -0.3 is 61.9 Å². The molecule has 0 spiro atoms. The van der Waals surface area contributed by atoms with E-state index in [2.05, 4.69) is 51.9 Å². The van der Waals surface area contributed by atoms with Gasteiger partial charge in [-0.05, 0) is 64.2 Å². The van der Waals surface area contributed by atoms with E-state index in [0.717, 1.165) is 57.2 Å². The lowest BCUT2D eigenvalue weighted by Gasteiger charge is -2.18. The number of sulfonamides is 1. The minimum absolute atomic E-state index is 0.00881. The molecule has 0 saturated heterocycles. The molecule has 32 heteroatoms. The van der Waals surface area contributed by atoms with Gasteiger partial charge in [-0.2, -0.15) is 5.21 Å². The van der Waals surface area contributed by atoms with E-state index in [-0.39, 0.29) is 122 Å². The number of ketones is 4. The summed E-state index contributed by atoms with van der Waals surface area (Å²) >= 11 is 0. The first-order valence-corrected chi connectivity index (χ1v) is 32.8. The van der Waals surface area contributed by atoms with Crippen molar-refractivity contribution in [3.8, 4) is 0 Å². The summed E-state index contributed by atoms with van der Waals surface area (Å²) in [5.74, 6) is -9.61. The maximum atomic E-state index is 12.7. The molecule has 5 atom stereocenters. The van der Waals surface area contributed by atoms with Crippen LogP contribution in [0.15, 0.2) is 12.5 Å². The molecule has 0 radical (unpaired) electrons. The van der Waals surface area contributed by atoms with Gasteiger partial charge in [-0.1, -0.05) is 75.8 Å². The third-order valence-electron chi connectivity index (χ3n) is 14.6. The number of aliphatic hydroxyl groups excluding tert-OH is 1. The van der Waals surface area contributed by atoms with Crippen LogP contribution in [0.25, 0.3) is 0 Å². The standard InChI is InChI=1S/C58H96N12O19S/c59-45(35-42-36-60-40-63-42)49(74)37-62-46(50(75)38-71)19-14-15-29-61-52(76)28-23-41(56(80)81)34-44(73)25-27-48(58(84)85)65-55(79)39-89-32-31-88-30-16-18-43(72)24-26-47(57(82)83)64-53(77)22-17-33-90(86,87)68-54(78)21-13-11-9-7-5-3-1-2-4-6-8-10-12-20-51-66-69-70-67-51/h36,40-41,45-48,62,71H,1-35,37-39,59H2,(H,60,63)(H,61,76)(H,64,77)(H,65,79)(H,68,78)(H,80,81)(H,82,83)(H,84,85)(H,66,67,69,70)/t41-,45+,46+,47+,48+/m1/s1. The average Bonchev–Trinajstić information content (AvgIpc) is 4.25. The second kappa shape index (κ2) is 47.9. The molecule has 2 aromatic rings. The molecule has 4 amide bonds. The number of aliphatic carboxylic acids is 3. The van der Waals surface area contributed by atoms with Gasteiger partial charge >= 0.3 is 17.9 Å². The predicted octanol–water partition coefficient (Wildman–Crippen LogP) is 1.62. The average molecular weight is 1300 g/mol. The van der Waals surface area contributed by atoms with Crippen LogP contribution in [0, 0.1) is 5.92 Å². The fourth-order valence-corrected chi connectivity index (χ4v) is 10.5. The summed E-state index contributed by atoms with van der Waals surface area (Å²) in [4.78, 5) is 142. The zero-order valence-corrected chi connectivity index (χ0v) is 52.4. The number of aromatic amines is 2. The van der Waals surface area contributed by atoms with E-state index in [1.54, 1.807) is 6.20 Å². The van der Waals surface area contributed by atoms with Crippen LogP contribution in [-0.2, 0) is 85.1 Å². The number of tetrazole rings is 1. The number of H-pyrrole nitrogens is 2. The van der Waals surface area contributed by atoms with Gasteiger partial charge in [-0.25, -0.2) is 23.0 Å². The van der Waals surface area contributed by atoms with Crippen molar-refractivity contribution >= 4 is 74.7 Å². The van der Waals surface area contributed by atoms with Crippen LogP contribution >= 0.6 is 0 Å². The Kier molecular flexibility index (Phi) is 42.1. The first-order chi connectivity index (χ1) is 43.1. The summed E-state index contributed by atoms with van der Waals surface area (Å²) in [5.41, 5.74) is 6.63. The van der Waals surface area contributed by atoms with Gasteiger partial charge in [0.25, 0.3) is 0 Å². The van der Waals surface area contributed by atoms with E-state index in [0.29, 0.717) is 25.0 Å². The number of amides is 4. The molecule has 0 aliphatic rings. The van der Waals surface area contributed by atoms with Crippen molar-refractivity contribution in [3.63, 3.8) is 0 Å². The second-order valence-corrected chi connectivity index (χ2v) is 24.1. The number of nitrogens with one attached hydrogen (secondary N) is 7. The molecule has 2 aromatic heterocycles. The molecule has 0 saturated carbocycles. The Labute approximate surface area is 524 Å². The smallest absolute Gasteiger partial charge is 0.326 e. The van der Waals surface area contributed by atoms with Crippen LogP contribution in [0.3, 0.4) is 0 Å². The summed E-state index contributed by atoms with van der Waals surface area (Å²) < 4.78 is 37.6. The van der Waals surface area contributed by atoms with Crippen molar-refractivity contribution in [2.45, 2.75) is 217 Å². The van der Waals surface area contributed by atoms with Gasteiger partial charge in [0.2, 0.25) is 33.7 Å². The number of carboxylic acid groups (broad SMARTS) is 3. The quantitative estimate of drug-likeness (QED) is 0.0419. The van der Waals surface area contributed by atoms with E-state index in [4.69, 9.17) is 15.2 Å². The number of imidazole rings is 1. The number of nitrogens with two attached hydrogens (primary N) is 1. The number of ether oxygens (including phenoxy) is 2. The fourth-order valence-electron chi connectivity index (χ4n) is 9.38. The van der Waals surface area contributed by atoms with Gasteiger partial charge in [-0.3, -0.25) is 47.9 Å². The molecule has 2 heterocycles. The molecule has 508 valence electrons. The molecule has 90 heavy (non-hydrogen) atoms. The lowest BCUT2D eigenvalue weighted by atomic mass is 9.94. The highest BCUT2D eigenvalue weighted by molar-refractivity contribution is 7.90. The molecule has 0 aliphatic heterocycles. The SMILES string of the molecule is N[C@@H](Cc1cnc[nH]1)C(=O)CN[C@@H](CCCCNC(=O)CC[C@H](CC(=O)CC[C@H](NC(=O)COCCOCCCC(=O)CC[C@H](NC(=O)CCCS(=O)(=O)NC(=O)CCCCCCCCCCCCCCCc1nn[nH]n1)C(=O)O)C(=O)O)C(=O)O)C(=O)CO. The van der Waals surface area contributed by atoms with Crippen molar-refractivity contribution in [1.29, 1.82) is 0 Å². The molecule has 13 N–H and O–H groups in total. The molecule has 0 bridgehead atoms. The first kappa shape index (κ1) is 79.1. The lowest BCUT2D eigenvalue weighted by Crippen LogP contribution is -2.45. The van der Waals surface area contributed by atoms with Crippen LogP contribution in [0.2, 0.25) is 0 Å². The fraction of sp³-hybridized carbons (Fsp3) is 0.741. The number of aliphatic hydroxyl groups is 1. The summed E-state index contributed by atoms with van der Waals surface area (Å²) in [5, 5.41) is 62.3. The molecule has 2 rings (SSSR count). The summed E-state index contributed by atoms with van der Waals surface area (Å²) in [6.07, 6.45) is 16.8. The number of hydrogen-bond acceptors (Lipinski definition) is 22. The maximum Gasteiger partial charge on any atom is 0.326 e. The molecule has 0 unspecified atom stereocenters. The van der Waals surface area contributed by atoms with Crippen LogP contribution in [-0.4, -0.2) is 200 Å². The molecule has 0 aliphatic carbocycles. The highest BCUT2D eigenvalue weighted by atomic mass is 32.2. The minimum Gasteiger partial charge on any atom is -0.481 e. The zero-order valence-electron chi connectivity index (χ0n) is 51.6. The van der Waals surface area contributed by atoms with Crippen LogP contribution < -0.4 is 31.7 Å². The van der Waals surface area contributed by atoms with E-state index < -0.39 is 125 Å². The Hall–Kier alpha value is -7.00. The predicted molar refractivity (Wildman–Crippen MR) is 323 cm³/mol. The van der Waals surface area contributed by atoms with Crippen molar-refractivity contribution in [1.82, 2.24) is 56.6 Å². The third-order valence-corrected chi connectivity index (χ3v) is 15.9. The van der Waals surface area contributed by atoms with Crippen LogP contribution in [0.5, 0.6) is 0 Å². The van der Waals surface area contributed by atoms with E-state index in [1.807, 2.05) is 4.72 Å². The topological polar surface area (TPSA) is 491 Å². The Morgan fingerprint density at radius 1 is 0.589 bits per heavy atom. The zero-order chi connectivity index (χ0) is 66.4. The number of carbonyl (C=O) groups excluding carboxylic acids is 8. The first-order valence-electron chi connectivity index (χ1n) is 31.2. The summed E-state index contributed by atoms with van der Waals surface area (Å²) in [6, 6.07) is -4.58. The summed E-state index contributed by atoms with van der Waals surface area (Å²) in [6.45, 7) is -1.34. The van der Waals surface area contributed by atoms with Crippen molar-refractivity contribution in [2.24, 2.45) is 11.7 Å². The largest absolute Gasteiger partial charge is 0.481 e. The molecular weight excluding hydrogens is 1200 g/mol. The van der Waals surface area contributed by atoms with Gasteiger partial charge in [0.1, 0.15) is 36.9 Å². The molecule has 31 nitrogen and oxygen atoms in total. The number of hydrogen-bond donors (Lipinski definition) is 12. The van der Waals surface area contributed by atoms with Crippen molar-refractivity contribution < 1.29 is 91.1 Å². The van der Waals surface area contributed by atoms with Gasteiger partial charge in [0.05, 0.1) is 49.8 Å². The third kappa shape index (κ3) is 39.9. The number of aryl methyl sites for hydroxylation is 1. The Bertz CT molecular complexity index is 2580. The number of Topliss-reactive ketones (excluding diaryl/α,β-unsaturated/α-hetero) is 4. The van der Waals surface area contributed by atoms with Crippen LogP contribution in [0.1, 0.15) is 191 Å². The highest BCUT2D eigenvalue weighted by Gasteiger charge is 2.27. The lowest BCUT2D eigenvalue weighted by molar-refractivity contribution is -0.145. The Morgan fingerprint density at radius 2 is 1.20 bits per heavy atom. The molecule has 0 aromatic carbocycles. The Balaban J connectivity index is 1.51. The number of carbonyl (C=O) groups is 11. The number of aromatic nitrogens is 6. The van der Waals surface area contributed by atoms with E-state index in [9.17, 15) is 81.6 Å². The number of carboxylic acids is 3. The van der Waals surface area contributed by atoms with Crippen LogP contribution in [0.4, 0.5) is 0 Å². The monoisotopic (exact) mass is 1300 g/mol. The van der Waals surface area contributed by atoms with E-state index >= 15 is 0 Å². The minimum atomic E-state index is -4.01. The molecule has 0 fully saturated rings. The number of unbranched alkanes of at least 4 members (excludes halogenated alkanes) is 13. The van der Waals surface area contributed by atoms with Gasteiger partial charge in [-0.15, -0.1) is 10.2 Å². The van der Waals surface area contributed by atoms with Gasteiger partial charge in [0.15, 0.2) is 17.4 Å². The molecular formula is C58H96N12O19S. The maximum absolute atomic E-state index is 12.7. The summed E-state index contributed by atoms with van der Waals surface area (Å²) in [7, 11) is -4.01.